The Kier molecular flexibility index (Phi) is 9.49. The first-order valence-electron chi connectivity index (χ1n) is 11.2. The Labute approximate surface area is 192 Å². The first-order chi connectivity index (χ1) is 14.6. The number of carboxylic acid groups (broad SMARTS) is 1. The summed E-state index contributed by atoms with van der Waals surface area (Å²) < 4.78 is 10.5. The van der Waals surface area contributed by atoms with E-state index in [-0.39, 0.29) is 34.9 Å². The van der Waals surface area contributed by atoms with Crippen LogP contribution in [0, 0.1) is 22.7 Å². The van der Waals surface area contributed by atoms with Crippen molar-refractivity contribution in [3.8, 4) is 0 Å². The summed E-state index contributed by atoms with van der Waals surface area (Å²) in [5, 5.41) is 8.81. The average Bonchev–Trinajstić information content (AvgIpc) is 3.03. The normalized spacial score (nSPS) is 25.6. The third kappa shape index (κ3) is 6.57. The minimum Gasteiger partial charge on any atom is -0.478 e. The van der Waals surface area contributed by atoms with Gasteiger partial charge in [-0.25, -0.2) is 14.4 Å². The van der Waals surface area contributed by atoms with Crippen molar-refractivity contribution >= 4 is 17.9 Å². The second-order valence-electron chi connectivity index (χ2n) is 10.3. The largest absolute Gasteiger partial charge is 0.478 e. The molecule has 0 aromatic heterocycles. The van der Waals surface area contributed by atoms with Gasteiger partial charge in [0.1, 0.15) is 6.10 Å². The molecule has 32 heavy (non-hydrogen) atoms. The van der Waals surface area contributed by atoms with Gasteiger partial charge in [0.25, 0.3) is 0 Å². The number of allylic oxidation sites excluding steroid dienone is 1. The van der Waals surface area contributed by atoms with Gasteiger partial charge in [-0.15, -0.1) is 0 Å². The van der Waals surface area contributed by atoms with Gasteiger partial charge in [-0.3, -0.25) is 0 Å². The second-order valence-corrected chi connectivity index (χ2v) is 10.3. The molecular formula is C26H40O6. The highest BCUT2D eigenvalue weighted by Gasteiger charge is 2.62. The molecule has 6 heteroatoms. The summed E-state index contributed by atoms with van der Waals surface area (Å²) in [6, 6.07) is 0. The fourth-order valence-corrected chi connectivity index (χ4v) is 4.33. The summed E-state index contributed by atoms with van der Waals surface area (Å²) in [6.45, 7) is 21.6. The lowest BCUT2D eigenvalue weighted by molar-refractivity contribution is -0.152. The third-order valence-corrected chi connectivity index (χ3v) is 7.14. The van der Waals surface area contributed by atoms with E-state index in [0.717, 1.165) is 12.8 Å². The minimum absolute atomic E-state index is 0.0282. The van der Waals surface area contributed by atoms with Crippen LogP contribution in [0.3, 0.4) is 0 Å². The molecule has 0 amide bonds. The van der Waals surface area contributed by atoms with E-state index in [9.17, 15) is 14.4 Å². The van der Waals surface area contributed by atoms with Crippen LogP contribution in [0.2, 0.25) is 0 Å². The SMILES string of the molecule is C=C(C)C(=O)OCC(C)C.C=C(CC=C(C)C(=O)O)C(=O)OC1CC2CCC1(C)C2(C)C. The monoisotopic (exact) mass is 448 g/mol. The predicted molar refractivity (Wildman–Crippen MR) is 125 cm³/mol. The van der Waals surface area contributed by atoms with E-state index in [1.165, 1.54) is 19.4 Å². The molecule has 180 valence electrons. The van der Waals surface area contributed by atoms with Gasteiger partial charge in [0.05, 0.1) is 6.61 Å². The van der Waals surface area contributed by atoms with Crippen molar-refractivity contribution in [2.45, 2.75) is 80.3 Å². The first-order valence-corrected chi connectivity index (χ1v) is 11.2. The highest BCUT2D eigenvalue weighted by atomic mass is 16.5. The van der Waals surface area contributed by atoms with E-state index in [2.05, 4.69) is 33.9 Å². The highest BCUT2D eigenvalue weighted by molar-refractivity contribution is 5.89. The number of aliphatic carboxylic acids is 1. The Morgan fingerprint density at radius 2 is 1.72 bits per heavy atom. The number of carbonyl (C=O) groups is 3. The van der Waals surface area contributed by atoms with Crippen LogP contribution in [-0.2, 0) is 23.9 Å². The number of rotatable bonds is 8. The van der Waals surface area contributed by atoms with E-state index in [1.807, 2.05) is 13.8 Å². The lowest BCUT2D eigenvalue weighted by Crippen LogP contribution is -2.38. The van der Waals surface area contributed by atoms with Gasteiger partial charge >= 0.3 is 17.9 Å². The van der Waals surface area contributed by atoms with Crippen LogP contribution in [-0.4, -0.2) is 35.7 Å². The van der Waals surface area contributed by atoms with Gasteiger partial charge in [0.15, 0.2) is 0 Å². The van der Waals surface area contributed by atoms with Crippen molar-refractivity contribution in [1.29, 1.82) is 0 Å². The van der Waals surface area contributed by atoms with Crippen molar-refractivity contribution in [3.63, 3.8) is 0 Å². The van der Waals surface area contributed by atoms with Crippen molar-refractivity contribution in [3.05, 3.63) is 36.0 Å². The van der Waals surface area contributed by atoms with Gasteiger partial charge < -0.3 is 14.6 Å². The zero-order valence-electron chi connectivity index (χ0n) is 20.7. The maximum absolute atomic E-state index is 12.2. The molecule has 2 aliphatic carbocycles. The number of carbonyl (C=O) groups excluding carboxylic acids is 2. The molecule has 0 aromatic rings. The Hall–Kier alpha value is -2.37. The van der Waals surface area contributed by atoms with Crippen molar-refractivity contribution in [2.24, 2.45) is 22.7 Å². The van der Waals surface area contributed by atoms with E-state index in [0.29, 0.717) is 29.6 Å². The third-order valence-electron chi connectivity index (χ3n) is 7.14. The molecule has 0 aromatic carbocycles. The Balaban J connectivity index is 0.000000433. The number of esters is 2. The van der Waals surface area contributed by atoms with Crippen LogP contribution in [0.15, 0.2) is 36.0 Å². The number of hydrogen-bond donors (Lipinski definition) is 1. The van der Waals surface area contributed by atoms with Crippen molar-refractivity contribution in [2.75, 3.05) is 6.61 Å². The summed E-state index contributed by atoms with van der Waals surface area (Å²) >= 11 is 0. The molecular weight excluding hydrogens is 408 g/mol. The molecule has 0 heterocycles. The molecule has 0 aliphatic heterocycles. The maximum atomic E-state index is 12.2. The number of fused-ring (bicyclic) bond motifs is 2. The molecule has 1 N–H and O–H groups in total. The summed E-state index contributed by atoms with van der Waals surface area (Å²) in [5.41, 5.74) is 1.20. The summed E-state index contributed by atoms with van der Waals surface area (Å²) in [7, 11) is 0. The fraction of sp³-hybridized carbons (Fsp3) is 0.654. The molecule has 0 spiro atoms. The standard InChI is InChI=1S/C18H26O4.C8H14O2/c1-11(15(19)20)6-7-12(2)16(21)22-14-10-13-8-9-18(14,5)17(13,3)4;1-6(2)5-10-8(9)7(3)4/h6,13-14H,2,7-10H2,1,3-5H3,(H,19,20);6H,3,5H2,1-2,4H3. The molecule has 2 bridgehead atoms. The van der Waals surface area contributed by atoms with Crippen LogP contribution in [0.1, 0.15) is 74.1 Å². The molecule has 3 unspecified atom stereocenters. The average molecular weight is 449 g/mol. The van der Waals surface area contributed by atoms with Gasteiger partial charge in [-0.2, -0.15) is 0 Å². The molecule has 0 radical (unpaired) electrons. The smallest absolute Gasteiger partial charge is 0.334 e. The van der Waals surface area contributed by atoms with Crippen LogP contribution < -0.4 is 0 Å². The summed E-state index contributed by atoms with van der Waals surface area (Å²) in [6.07, 6.45) is 4.87. The van der Waals surface area contributed by atoms with Gasteiger partial charge in [-0.05, 0) is 56.8 Å². The lowest BCUT2D eigenvalue weighted by Gasteiger charge is -2.38. The quantitative estimate of drug-likeness (QED) is 0.390. The number of ether oxygens (including phenoxy) is 2. The Morgan fingerprint density at radius 3 is 2.12 bits per heavy atom. The van der Waals surface area contributed by atoms with Gasteiger partial charge in [0, 0.05) is 22.1 Å². The summed E-state index contributed by atoms with van der Waals surface area (Å²) in [4.78, 5) is 33.7. The van der Waals surface area contributed by atoms with Gasteiger partial charge in [0.2, 0.25) is 0 Å². The van der Waals surface area contributed by atoms with E-state index < -0.39 is 11.9 Å². The fourth-order valence-electron chi connectivity index (χ4n) is 4.33. The van der Waals surface area contributed by atoms with Crippen LogP contribution in [0.4, 0.5) is 0 Å². The molecule has 2 saturated carbocycles. The van der Waals surface area contributed by atoms with Crippen LogP contribution >= 0.6 is 0 Å². The van der Waals surface area contributed by atoms with Crippen molar-refractivity contribution in [1.82, 2.24) is 0 Å². The zero-order valence-corrected chi connectivity index (χ0v) is 20.7. The summed E-state index contributed by atoms with van der Waals surface area (Å²) in [5.74, 6) is -0.678. The molecule has 3 atom stereocenters. The Morgan fingerprint density at radius 1 is 1.12 bits per heavy atom. The van der Waals surface area contributed by atoms with Crippen LogP contribution in [0.25, 0.3) is 0 Å². The minimum atomic E-state index is -0.983. The lowest BCUT2D eigenvalue weighted by atomic mass is 9.70. The zero-order chi connectivity index (χ0) is 24.9. The van der Waals surface area contributed by atoms with E-state index in [4.69, 9.17) is 14.6 Å². The van der Waals surface area contributed by atoms with Crippen LogP contribution in [0.5, 0.6) is 0 Å². The molecule has 2 fully saturated rings. The van der Waals surface area contributed by atoms with E-state index in [1.54, 1.807) is 6.92 Å². The second kappa shape index (κ2) is 11.0. The molecule has 2 aliphatic rings. The van der Waals surface area contributed by atoms with E-state index >= 15 is 0 Å². The van der Waals surface area contributed by atoms with Gasteiger partial charge in [-0.1, -0.05) is 53.9 Å². The topological polar surface area (TPSA) is 89.9 Å². The number of hydrogen-bond acceptors (Lipinski definition) is 5. The maximum Gasteiger partial charge on any atom is 0.334 e. The predicted octanol–water partition coefficient (Wildman–Crippen LogP) is 5.48. The van der Waals surface area contributed by atoms with Crippen molar-refractivity contribution < 1.29 is 29.0 Å². The highest BCUT2D eigenvalue weighted by Crippen LogP contribution is 2.66. The first kappa shape index (κ1) is 27.7. The molecule has 0 saturated heterocycles. The molecule has 2 rings (SSSR count). The molecule has 6 nitrogen and oxygen atoms in total. The number of carboxylic acids is 1. The Bertz CT molecular complexity index is 788.